The van der Waals surface area contributed by atoms with Gasteiger partial charge in [0.1, 0.15) is 0 Å². The third-order valence-electron chi connectivity index (χ3n) is 6.59. The molecule has 0 atom stereocenters. The third-order valence-corrected chi connectivity index (χ3v) is 6.59. The van der Waals surface area contributed by atoms with Crippen LogP contribution in [0.15, 0.2) is 36.8 Å². The van der Waals surface area contributed by atoms with Crippen LogP contribution in [0.4, 0.5) is 26.3 Å². The average molecular weight is 568 g/mol. The van der Waals surface area contributed by atoms with Gasteiger partial charge >= 0.3 is 24.3 Å². The number of hydrogen-bond donors (Lipinski definition) is 2. The highest BCUT2D eigenvalue weighted by molar-refractivity contribution is 5.73. The molecule has 0 saturated carbocycles. The van der Waals surface area contributed by atoms with Crippen molar-refractivity contribution in [1.82, 2.24) is 24.6 Å². The molecule has 15 heteroatoms. The van der Waals surface area contributed by atoms with Gasteiger partial charge in [-0.05, 0) is 69.4 Å². The summed E-state index contributed by atoms with van der Waals surface area (Å²) in [6.07, 6.45) is 1.27. The van der Waals surface area contributed by atoms with Gasteiger partial charge < -0.3 is 10.2 Å². The molecule has 2 fully saturated rings. The monoisotopic (exact) mass is 567 g/mol. The van der Waals surface area contributed by atoms with E-state index in [-0.39, 0.29) is 0 Å². The van der Waals surface area contributed by atoms with Gasteiger partial charge in [-0.15, -0.1) is 0 Å². The van der Waals surface area contributed by atoms with Gasteiger partial charge in [0.05, 0.1) is 11.9 Å². The number of aromatic nitrogens is 3. The Morgan fingerprint density at radius 3 is 1.69 bits per heavy atom. The van der Waals surface area contributed by atoms with Gasteiger partial charge in [0, 0.05) is 38.1 Å². The van der Waals surface area contributed by atoms with Crippen LogP contribution < -0.4 is 0 Å². The smallest absolute Gasteiger partial charge is 0.475 e. The molecule has 0 bridgehead atoms. The van der Waals surface area contributed by atoms with E-state index in [1.54, 1.807) is 0 Å². The van der Waals surface area contributed by atoms with Gasteiger partial charge in [-0.3, -0.25) is 19.5 Å². The lowest BCUT2D eigenvalue weighted by molar-refractivity contribution is -0.193. The lowest BCUT2D eigenvalue weighted by Gasteiger charge is -2.47. The largest absolute Gasteiger partial charge is 0.490 e. The molecular formula is C24H31F6N5O4. The summed E-state index contributed by atoms with van der Waals surface area (Å²) in [4.78, 5) is 27.4. The zero-order valence-corrected chi connectivity index (χ0v) is 21.2. The first-order valence-electron chi connectivity index (χ1n) is 12.0. The lowest BCUT2D eigenvalue weighted by Crippen LogP contribution is -2.46. The number of nitrogens with zero attached hydrogens (tertiary/aromatic N) is 5. The Kier molecular flexibility index (Phi) is 11.3. The summed E-state index contributed by atoms with van der Waals surface area (Å²) in [5.41, 5.74) is 3.12. The lowest BCUT2D eigenvalue weighted by atomic mass is 9.71. The quantitative estimate of drug-likeness (QED) is 0.535. The van der Waals surface area contributed by atoms with Crippen LogP contribution in [0.5, 0.6) is 0 Å². The molecule has 2 aliphatic rings. The van der Waals surface area contributed by atoms with Gasteiger partial charge in [0.2, 0.25) is 0 Å². The van der Waals surface area contributed by atoms with Crippen LogP contribution in [0.3, 0.4) is 0 Å². The molecule has 9 nitrogen and oxygen atoms in total. The minimum absolute atomic E-state index is 0.589. The van der Waals surface area contributed by atoms with Crippen molar-refractivity contribution in [1.29, 1.82) is 0 Å². The van der Waals surface area contributed by atoms with Crippen LogP contribution in [-0.4, -0.2) is 85.2 Å². The SMILES string of the molecule is Cn1cc(CN2CCC3(CC2)CCN(Cc2ccccn2)CC3)cn1.O=C(O)C(F)(F)F.O=C(O)C(F)(F)F. The van der Waals surface area contributed by atoms with Crippen LogP contribution >= 0.6 is 0 Å². The maximum Gasteiger partial charge on any atom is 0.490 e. The van der Waals surface area contributed by atoms with Crippen LogP contribution in [0, 0.1) is 5.41 Å². The van der Waals surface area contributed by atoms with Gasteiger partial charge in [-0.2, -0.15) is 31.4 Å². The van der Waals surface area contributed by atoms with Gasteiger partial charge in [-0.1, -0.05) is 6.07 Å². The minimum atomic E-state index is -5.08. The van der Waals surface area contributed by atoms with Crippen molar-refractivity contribution in [2.45, 2.75) is 51.1 Å². The van der Waals surface area contributed by atoms with Crippen LogP contribution in [0.2, 0.25) is 0 Å². The fourth-order valence-corrected chi connectivity index (χ4v) is 4.40. The van der Waals surface area contributed by atoms with E-state index in [2.05, 4.69) is 38.2 Å². The van der Waals surface area contributed by atoms with Crippen molar-refractivity contribution >= 4 is 11.9 Å². The topological polar surface area (TPSA) is 112 Å². The molecule has 0 aliphatic carbocycles. The van der Waals surface area contributed by atoms with Crippen molar-refractivity contribution in [3.63, 3.8) is 0 Å². The normalized spacial score (nSPS) is 17.9. The number of aliphatic carboxylic acids is 2. The molecule has 2 aromatic heterocycles. The predicted molar refractivity (Wildman–Crippen MR) is 126 cm³/mol. The van der Waals surface area contributed by atoms with E-state index in [0.717, 1.165) is 13.1 Å². The Morgan fingerprint density at radius 1 is 0.872 bits per heavy atom. The molecule has 0 amide bonds. The number of carbonyl (C=O) groups is 2. The highest BCUT2D eigenvalue weighted by Gasteiger charge is 2.39. The van der Waals surface area contributed by atoms with E-state index in [4.69, 9.17) is 19.8 Å². The maximum absolute atomic E-state index is 10.6. The summed E-state index contributed by atoms with van der Waals surface area (Å²) in [7, 11) is 1.99. The number of carboxylic acid groups (broad SMARTS) is 2. The van der Waals surface area contributed by atoms with Crippen molar-refractivity contribution in [2.75, 3.05) is 26.2 Å². The van der Waals surface area contributed by atoms with Crippen LogP contribution in [-0.2, 0) is 29.7 Å². The second-order valence-corrected chi connectivity index (χ2v) is 9.50. The Balaban J connectivity index is 0.000000317. The van der Waals surface area contributed by atoms with Crippen LogP contribution in [0.1, 0.15) is 36.9 Å². The summed E-state index contributed by atoms with van der Waals surface area (Å²) >= 11 is 0. The Labute approximate surface area is 221 Å². The highest BCUT2D eigenvalue weighted by atomic mass is 19.4. The van der Waals surface area contributed by atoms with E-state index in [9.17, 15) is 26.3 Å². The molecule has 4 rings (SSSR count). The number of aryl methyl sites for hydroxylation is 1. The fraction of sp³-hybridized carbons (Fsp3) is 0.583. The van der Waals surface area contributed by atoms with E-state index in [1.165, 1.54) is 63.1 Å². The Morgan fingerprint density at radius 2 is 1.33 bits per heavy atom. The first-order valence-corrected chi connectivity index (χ1v) is 12.0. The number of hydrogen-bond acceptors (Lipinski definition) is 6. The second-order valence-electron chi connectivity index (χ2n) is 9.50. The fourth-order valence-electron chi connectivity index (χ4n) is 4.40. The molecular weight excluding hydrogens is 536 g/mol. The molecule has 2 aromatic rings. The van der Waals surface area contributed by atoms with Gasteiger partial charge in [0.25, 0.3) is 0 Å². The molecule has 39 heavy (non-hydrogen) atoms. The van der Waals surface area contributed by atoms with E-state index in [1.807, 2.05) is 30.2 Å². The van der Waals surface area contributed by atoms with E-state index in [0.29, 0.717) is 5.41 Å². The summed E-state index contributed by atoms with van der Waals surface area (Å²) < 4.78 is 65.4. The highest BCUT2D eigenvalue weighted by Crippen LogP contribution is 2.41. The van der Waals surface area contributed by atoms with Crippen molar-refractivity contribution in [3.05, 3.63) is 48.0 Å². The number of halogens is 6. The first kappa shape index (κ1) is 32.0. The number of rotatable bonds is 4. The first-order chi connectivity index (χ1) is 18.1. The van der Waals surface area contributed by atoms with Gasteiger partial charge in [-0.25, -0.2) is 9.59 Å². The van der Waals surface area contributed by atoms with Crippen molar-refractivity contribution in [2.24, 2.45) is 12.5 Å². The molecule has 2 saturated heterocycles. The number of carboxylic acids is 2. The molecule has 218 valence electrons. The van der Waals surface area contributed by atoms with E-state index < -0.39 is 24.3 Å². The summed E-state index contributed by atoms with van der Waals surface area (Å²) in [5, 5.41) is 18.5. The zero-order chi connectivity index (χ0) is 29.3. The summed E-state index contributed by atoms with van der Waals surface area (Å²) in [6, 6.07) is 6.22. The predicted octanol–water partition coefficient (Wildman–Crippen LogP) is 3.96. The standard InChI is InChI=1S/C20H29N5.2C2HF3O2/c1-23-15-18(14-22-23)16-24-10-5-20(6-11-24)7-12-25(13-8-20)17-19-4-2-3-9-21-19;2*3-2(4,5)1(6)7/h2-4,9,14-15H,5-8,10-13,16-17H2,1H3;2*(H,6,7). The molecule has 2 aliphatic heterocycles. The summed E-state index contributed by atoms with van der Waals surface area (Å²) in [5.74, 6) is -5.51. The Bertz CT molecular complexity index is 1020. The molecule has 1 spiro atoms. The second kappa shape index (κ2) is 13.7. The molecule has 0 unspecified atom stereocenters. The molecule has 2 N–H and O–H groups in total. The van der Waals surface area contributed by atoms with Crippen LogP contribution in [0.25, 0.3) is 0 Å². The average Bonchev–Trinajstić information content (AvgIpc) is 3.27. The number of piperidine rings is 2. The maximum atomic E-state index is 10.6. The Hall–Kier alpha value is -3.20. The number of pyridine rings is 1. The summed E-state index contributed by atoms with van der Waals surface area (Å²) in [6.45, 7) is 6.96. The number of alkyl halides is 6. The number of likely N-dealkylation sites (tertiary alicyclic amines) is 2. The third kappa shape index (κ3) is 11.2. The molecule has 0 radical (unpaired) electrons. The van der Waals surface area contributed by atoms with Gasteiger partial charge in [0.15, 0.2) is 0 Å². The van der Waals surface area contributed by atoms with Crippen molar-refractivity contribution in [3.8, 4) is 0 Å². The molecule has 4 heterocycles. The van der Waals surface area contributed by atoms with E-state index >= 15 is 0 Å². The minimum Gasteiger partial charge on any atom is -0.475 e. The van der Waals surface area contributed by atoms with Crippen molar-refractivity contribution < 1.29 is 46.1 Å². The molecule has 0 aromatic carbocycles. The zero-order valence-electron chi connectivity index (χ0n) is 21.2.